The fraction of sp³-hybridized carbons (Fsp3) is 0. The lowest BCUT2D eigenvalue weighted by Gasteiger charge is -2.13. The maximum atomic E-state index is 5.29. The van der Waals surface area contributed by atoms with Gasteiger partial charge < -0.3 is 0 Å². The van der Waals surface area contributed by atoms with Gasteiger partial charge in [0.1, 0.15) is 5.65 Å². The highest BCUT2D eigenvalue weighted by Crippen LogP contribution is 2.40. The van der Waals surface area contributed by atoms with E-state index in [1.165, 1.54) is 27.1 Å². The Morgan fingerprint density at radius 2 is 0.807 bits per heavy atom. The van der Waals surface area contributed by atoms with E-state index in [2.05, 4.69) is 177 Å². The molecule has 13 rings (SSSR count). The normalized spacial score (nSPS) is 12.2. The molecule has 7 aromatic carbocycles. The Morgan fingerprint density at radius 3 is 1.39 bits per heavy atom. The van der Waals surface area contributed by atoms with E-state index in [0.29, 0.717) is 17.7 Å². The Kier molecular flexibility index (Phi) is 6.04. The first-order valence-corrected chi connectivity index (χ1v) is 19.2. The molecule has 0 aliphatic carbocycles. The first-order chi connectivity index (χ1) is 28.3. The zero-order chi connectivity index (χ0) is 37.2. The predicted octanol–water partition coefficient (Wildman–Crippen LogP) is 11.9. The minimum atomic E-state index is 0.567. The van der Waals surface area contributed by atoms with Crippen LogP contribution in [-0.4, -0.2) is 33.5 Å². The maximum absolute atomic E-state index is 5.29. The average molecular weight is 728 g/mol. The van der Waals surface area contributed by atoms with Crippen LogP contribution in [0.1, 0.15) is 0 Å². The number of hydrogen-bond acceptors (Lipinski definition) is 4. The summed E-state index contributed by atoms with van der Waals surface area (Å²) in [7, 11) is 0. The summed E-state index contributed by atoms with van der Waals surface area (Å²) in [6.45, 7) is 0. The summed E-state index contributed by atoms with van der Waals surface area (Å²) in [5.41, 5.74) is 10.7. The van der Waals surface area contributed by atoms with Crippen molar-refractivity contribution in [2.75, 3.05) is 0 Å². The van der Waals surface area contributed by atoms with Crippen molar-refractivity contribution in [2.45, 2.75) is 0 Å². The van der Waals surface area contributed by atoms with Crippen LogP contribution in [-0.2, 0) is 0 Å². The molecule has 57 heavy (non-hydrogen) atoms. The Labute approximate surface area is 324 Å². The summed E-state index contributed by atoms with van der Waals surface area (Å²) in [5, 5.41) is 9.48. The third kappa shape index (κ3) is 4.20. The molecule has 7 nitrogen and oxygen atoms in total. The zero-order valence-electron chi connectivity index (χ0n) is 30.4. The summed E-state index contributed by atoms with van der Waals surface area (Å²) in [5.74, 6) is 1.73. The van der Waals surface area contributed by atoms with Crippen LogP contribution in [0.4, 0.5) is 0 Å². The third-order valence-electron chi connectivity index (χ3n) is 11.7. The molecule has 0 atom stereocenters. The lowest BCUT2D eigenvalue weighted by molar-refractivity contribution is 0.893. The number of aromatic nitrogens is 7. The van der Waals surface area contributed by atoms with Crippen molar-refractivity contribution >= 4 is 81.8 Å². The van der Waals surface area contributed by atoms with Gasteiger partial charge in [-0.05, 0) is 59.7 Å². The van der Waals surface area contributed by atoms with Gasteiger partial charge in [0.15, 0.2) is 5.82 Å². The molecular formula is C50H29N7. The molecule has 6 aromatic heterocycles. The SMILES string of the molecule is c1ccc2c(c1)c1ccccc1n2-c1nc(-c2ccc(-c3ccc4c(c3)c3cccc5c6cccnc6n4c35)cc2)nc(-n2c3ccccc3c3ccccc32)n1. The van der Waals surface area contributed by atoms with E-state index in [1.54, 1.807) is 0 Å². The van der Waals surface area contributed by atoms with Crippen LogP contribution < -0.4 is 0 Å². The number of nitrogens with zero attached hydrogens (tertiary/aromatic N) is 7. The molecule has 0 spiro atoms. The summed E-state index contributed by atoms with van der Waals surface area (Å²) in [6.07, 6.45) is 1.88. The zero-order valence-corrected chi connectivity index (χ0v) is 30.4. The molecule has 0 saturated heterocycles. The maximum Gasteiger partial charge on any atom is 0.240 e. The van der Waals surface area contributed by atoms with Gasteiger partial charge in [-0.15, -0.1) is 0 Å². The second kappa shape index (κ2) is 11.3. The van der Waals surface area contributed by atoms with Gasteiger partial charge in [0, 0.05) is 54.9 Å². The molecular weight excluding hydrogens is 699 g/mol. The molecule has 0 amide bonds. The van der Waals surface area contributed by atoms with E-state index in [-0.39, 0.29) is 0 Å². The highest BCUT2D eigenvalue weighted by Gasteiger charge is 2.21. The van der Waals surface area contributed by atoms with Gasteiger partial charge in [0.05, 0.1) is 33.1 Å². The van der Waals surface area contributed by atoms with Crippen LogP contribution in [0.3, 0.4) is 0 Å². The van der Waals surface area contributed by atoms with Crippen molar-refractivity contribution in [1.82, 2.24) is 33.5 Å². The molecule has 0 saturated carbocycles. The second-order valence-electron chi connectivity index (χ2n) is 14.7. The van der Waals surface area contributed by atoms with Gasteiger partial charge in [-0.25, -0.2) is 4.98 Å². The highest BCUT2D eigenvalue weighted by molar-refractivity contribution is 6.23. The van der Waals surface area contributed by atoms with E-state index < -0.39 is 0 Å². The van der Waals surface area contributed by atoms with E-state index >= 15 is 0 Å². The van der Waals surface area contributed by atoms with Gasteiger partial charge in [0.25, 0.3) is 0 Å². The minimum absolute atomic E-state index is 0.567. The van der Waals surface area contributed by atoms with Crippen LogP contribution >= 0.6 is 0 Å². The Hall–Kier alpha value is -7.90. The molecule has 7 heteroatoms. The van der Waals surface area contributed by atoms with Crippen molar-refractivity contribution in [3.63, 3.8) is 0 Å². The summed E-state index contributed by atoms with van der Waals surface area (Å²) >= 11 is 0. The van der Waals surface area contributed by atoms with Crippen LogP contribution in [0.5, 0.6) is 0 Å². The van der Waals surface area contributed by atoms with Crippen molar-refractivity contribution in [3.05, 3.63) is 176 Å². The van der Waals surface area contributed by atoms with Crippen LogP contribution in [0.15, 0.2) is 176 Å². The predicted molar refractivity (Wildman–Crippen MR) is 232 cm³/mol. The standard InChI is InChI=1S/C50H29N7/c1-5-18-41-33(11-1)34-12-2-6-19-42(34)55(41)49-52-47(53-50(54-49)56-43-20-7-3-13-35(43)36-14-4-8-21-44(36)56)31-24-22-30(23-25-31)32-26-27-45-40(29-32)38-16-9-15-37-39-17-10-28-51-48(39)57(45)46(37)38/h1-29H. The molecule has 0 aliphatic heterocycles. The number of rotatable bonds is 4. The first-order valence-electron chi connectivity index (χ1n) is 19.2. The lowest BCUT2D eigenvalue weighted by atomic mass is 10.0. The molecule has 0 unspecified atom stereocenters. The molecule has 0 fully saturated rings. The minimum Gasteiger partial charge on any atom is -0.293 e. The number of pyridine rings is 1. The van der Waals surface area contributed by atoms with Gasteiger partial charge in [-0.1, -0.05) is 121 Å². The Balaban J connectivity index is 1.00. The van der Waals surface area contributed by atoms with Crippen molar-refractivity contribution in [1.29, 1.82) is 0 Å². The third-order valence-corrected chi connectivity index (χ3v) is 11.7. The highest BCUT2D eigenvalue weighted by atomic mass is 15.3. The van der Waals surface area contributed by atoms with E-state index in [9.17, 15) is 0 Å². The smallest absolute Gasteiger partial charge is 0.240 e. The molecule has 0 radical (unpaired) electrons. The Bertz CT molecular complexity index is 3520. The first kappa shape index (κ1) is 30.4. The monoisotopic (exact) mass is 727 g/mol. The van der Waals surface area contributed by atoms with Crippen LogP contribution in [0.2, 0.25) is 0 Å². The van der Waals surface area contributed by atoms with Crippen molar-refractivity contribution < 1.29 is 0 Å². The second-order valence-corrected chi connectivity index (χ2v) is 14.7. The van der Waals surface area contributed by atoms with Crippen molar-refractivity contribution in [3.8, 4) is 34.4 Å². The largest absolute Gasteiger partial charge is 0.293 e. The summed E-state index contributed by atoms with van der Waals surface area (Å²) in [4.78, 5) is 20.6. The quantitative estimate of drug-likeness (QED) is 0.181. The van der Waals surface area contributed by atoms with Crippen molar-refractivity contribution in [2.24, 2.45) is 0 Å². The van der Waals surface area contributed by atoms with Gasteiger partial charge >= 0.3 is 0 Å². The lowest BCUT2D eigenvalue weighted by Crippen LogP contribution is -2.10. The molecule has 264 valence electrons. The van der Waals surface area contributed by atoms with E-state index in [4.69, 9.17) is 19.9 Å². The molecule has 13 aromatic rings. The fourth-order valence-corrected chi connectivity index (χ4v) is 9.24. The van der Waals surface area contributed by atoms with Gasteiger partial charge in [0.2, 0.25) is 11.9 Å². The summed E-state index contributed by atoms with van der Waals surface area (Å²) in [6, 6.07) is 60.0. The number of benzene rings is 7. The fourth-order valence-electron chi connectivity index (χ4n) is 9.24. The Morgan fingerprint density at radius 1 is 0.333 bits per heavy atom. The topological polar surface area (TPSA) is 65.8 Å². The molecule has 0 bridgehead atoms. The molecule has 0 N–H and O–H groups in total. The number of hydrogen-bond donors (Lipinski definition) is 0. The average Bonchev–Trinajstić information content (AvgIpc) is 4.01. The molecule has 0 aliphatic rings. The van der Waals surface area contributed by atoms with Crippen LogP contribution in [0.25, 0.3) is 116 Å². The van der Waals surface area contributed by atoms with E-state index in [0.717, 1.165) is 71.5 Å². The molecule has 6 heterocycles. The number of para-hydroxylation sites is 5. The summed E-state index contributed by atoms with van der Waals surface area (Å²) < 4.78 is 6.65. The van der Waals surface area contributed by atoms with Crippen LogP contribution in [0, 0.1) is 0 Å². The van der Waals surface area contributed by atoms with Gasteiger partial charge in [-0.3, -0.25) is 13.5 Å². The number of fused-ring (bicyclic) bond motifs is 12. The van der Waals surface area contributed by atoms with Gasteiger partial charge in [-0.2, -0.15) is 15.0 Å². The van der Waals surface area contributed by atoms with E-state index in [1.807, 2.05) is 12.3 Å².